The van der Waals surface area contributed by atoms with Crippen LogP contribution in [0.4, 0.5) is 4.79 Å². The van der Waals surface area contributed by atoms with Crippen molar-refractivity contribution in [1.82, 2.24) is 10.3 Å². The van der Waals surface area contributed by atoms with Crippen molar-refractivity contribution in [3.63, 3.8) is 0 Å². The molecule has 0 aliphatic rings. The Morgan fingerprint density at radius 3 is 3.09 bits per heavy atom. The lowest BCUT2D eigenvalue weighted by Gasteiger charge is -1.97. The van der Waals surface area contributed by atoms with Gasteiger partial charge in [-0.25, -0.2) is 4.79 Å². The molecule has 0 radical (unpaired) electrons. The summed E-state index contributed by atoms with van der Waals surface area (Å²) in [7, 11) is 0. The molecule has 2 amide bonds. The number of nitrogens with two attached hydrogens (primary N) is 1. The summed E-state index contributed by atoms with van der Waals surface area (Å²) < 4.78 is 0. The maximum atomic E-state index is 10.2. The van der Waals surface area contributed by atoms with Gasteiger partial charge in [-0.1, -0.05) is 0 Å². The number of carbonyl (C=O) groups excluding carboxylic acids is 1. The van der Waals surface area contributed by atoms with Crippen molar-refractivity contribution in [2.75, 3.05) is 6.54 Å². The Balaban J connectivity index is 2.19. The molecule has 4 heteroatoms. The van der Waals surface area contributed by atoms with Crippen LogP contribution < -0.4 is 11.1 Å². The van der Waals surface area contributed by atoms with E-state index < -0.39 is 6.03 Å². The second-order valence-electron chi connectivity index (χ2n) is 2.26. The van der Waals surface area contributed by atoms with Crippen LogP contribution in [-0.2, 0) is 6.42 Å². The van der Waals surface area contributed by atoms with Crippen molar-refractivity contribution in [2.45, 2.75) is 6.42 Å². The molecular weight excluding hydrogens is 142 g/mol. The molecular formula is C7H11N3O. The number of aromatic nitrogens is 1. The second kappa shape index (κ2) is 3.65. The average Bonchev–Trinajstić information content (AvgIpc) is 2.39. The van der Waals surface area contributed by atoms with E-state index in [-0.39, 0.29) is 0 Å². The van der Waals surface area contributed by atoms with Gasteiger partial charge in [-0.2, -0.15) is 0 Å². The Kier molecular flexibility index (Phi) is 2.54. The molecule has 1 heterocycles. The summed E-state index contributed by atoms with van der Waals surface area (Å²) >= 11 is 0. The molecule has 0 bridgehead atoms. The van der Waals surface area contributed by atoms with Gasteiger partial charge in [-0.15, -0.1) is 0 Å². The van der Waals surface area contributed by atoms with Crippen molar-refractivity contribution < 1.29 is 4.79 Å². The lowest BCUT2D eigenvalue weighted by Crippen LogP contribution is -2.30. The molecule has 0 atom stereocenters. The van der Waals surface area contributed by atoms with E-state index in [4.69, 9.17) is 5.73 Å². The Morgan fingerprint density at radius 1 is 1.73 bits per heavy atom. The molecule has 0 fully saturated rings. The highest BCUT2D eigenvalue weighted by atomic mass is 16.2. The van der Waals surface area contributed by atoms with E-state index in [1.165, 1.54) is 5.56 Å². The second-order valence-corrected chi connectivity index (χ2v) is 2.26. The van der Waals surface area contributed by atoms with Gasteiger partial charge in [0.05, 0.1) is 0 Å². The first-order valence-electron chi connectivity index (χ1n) is 3.44. The van der Waals surface area contributed by atoms with Crippen molar-refractivity contribution in [3.8, 4) is 0 Å². The third-order valence-electron chi connectivity index (χ3n) is 1.38. The molecule has 0 spiro atoms. The summed E-state index contributed by atoms with van der Waals surface area (Å²) in [5.74, 6) is 0. The molecule has 0 saturated carbocycles. The van der Waals surface area contributed by atoms with Gasteiger partial charge in [0.15, 0.2) is 0 Å². The van der Waals surface area contributed by atoms with Gasteiger partial charge in [-0.3, -0.25) is 0 Å². The molecule has 60 valence electrons. The van der Waals surface area contributed by atoms with Crippen LogP contribution in [0.1, 0.15) is 5.56 Å². The minimum Gasteiger partial charge on any atom is -0.367 e. The first-order chi connectivity index (χ1) is 5.29. The summed E-state index contributed by atoms with van der Waals surface area (Å²) in [6.07, 6.45) is 4.55. The lowest BCUT2D eigenvalue weighted by molar-refractivity contribution is 0.249. The quantitative estimate of drug-likeness (QED) is 0.571. The predicted octanol–water partition coefficient (Wildman–Crippen LogP) is 0.225. The van der Waals surface area contributed by atoms with Crippen LogP contribution in [-0.4, -0.2) is 17.6 Å². The number of primary amides is 1. The number of amides is 2. The Hall–Kier alpha value is -1.45. The van der Waals surface area contributed by atoms with Crippen LogP contribution >= 0.6 is 0 Å². The summed E-state index contributed by atoms with van der Waals surface area (Å²) in [4.78, 5) is 13.2. The van der Waals surface area contributed by atoms with Gasteiger partial charge < -0.3 is 16.0 Å². The number of hydrogen-bond donors (Lipinski definition) is 3. The van der Waals surface area contributed by atoms with Gasteiger partial charge >= 0.3 is 6.03 Å². The fourth-order valence-electron chi connectivity index (χ4n) is 0.844. The number of H-pyrrole nitrogens is 1. The normalized spacial score (nSPS) is 9.45. The number of nitrogens with one attached hydrogen (secondary N) is 2. The zero-order valence-corrected chi connectivity index (χ0v) is 6.13. The fourth-order valence-corrected chi connectivity index (χ4v) is 0.844. The SMILES string of the molecule is NC(=O)NCCc1cc[nH]c1. The number of rotatable bonds is 3. The monoisotopic (exact) mass is 153 g/mol. The van der Waals surface area contributed by atoms with Gasteiger partial charge in [-0.05, 0) is 18.1 Å². The third kappa shape index (κ3) is 2.75. The highest BCUT2D eigenvalue weighted by Gasteiger charge is 1.93. The summed E-state index contributed by atoms with van der Waals surface area (Å²) in [6, 6.07) is 1.49. The molecule has 0 aromatic carbocycles. The van der Waals surface area contributed by atoms with Crippen LogP contribution in [0.25, 0.3) is 0 Å². The average molecular weight is 153 g/mol. The fraction of sp³-hybridized carbons (Fsp3) is 0.286. The maximum absolute atomic E-state index is 10.2. The smallest absolute Gasteiger partial charge is 0.312 e. The molecule has 1 aromatic rings. The van der Waals surface area contributed by atoms with Gasteiger partial charge in [0, 0.05) is 18.9 Å². The first kappa shape index (κ1) is 7.65. The summed E-state index contributed by atoms with van der Waals surface area (Å²) in [5.41, 5.74) is 6.04. The third-order valence-corrected chi connectivity index (χ3v) is 1.38. The van der Waals surface area contributed by atoms with Crippen LogP contribution in [0.15, 0.2) is 18.5 Å². The van der Waals surface area contributed by atoms with Gasteiger partial charge in [0.25, 0.3) is 0 Å². The van der Waals surface area contributed by atoms with E-state index in [1.54, 1.807) is 0 Å². The Bertz CT molecular complexity index is 218. The summed E-state index contributed by atoms with van der Waals surface area (Å²) in [5, 5.41) is 2.51. The molecule has 4 nitrogen and oxygen atoms in total. The standard InChI is InChI=1S/C7H11N3O/c8-7(11)10-4-2-6-1-3-9-5-6/h1,3,5,9H,2,4H2,(H3,8,10,11). The number of aromatic amines is 1. The van der Waals surface area contributed by atoms with E-state index in [1.807, 2.05) is 18.5 Å². The Morgan fingerprint density at radius 2 is 2.55 bits per heavy atom. The Labute approximate surface area is 64.8 Å². The molecule has 0 saturated heterocycles. The lowest BCUT2D eigenvalue weighted by atomic mass is 10.2. The predicted molar refractivity (Wildman–Crippen MR) is 42.1 cm³/mol. The molecule has 11 heavy (non-hydrogen) atoms. The highest BCUT2D eigenvalue weighted by Crippen LogP contribution is 1.95. The van der Waals surface area contributed by atoms with Crippen molar-refractivity contribution in [1.29, 1.82) is 0 Å². The van der Waals surface area contributed by atoms with Crippen LogP contribution in [0.5, 0.6) is 0 Å². The highest BCUT2D eigenvalue weighted by molar-refractivity contribution is 5.71. The molecule has 4 N–H and O–H groups in total. The minimum absolute atomic E-state index is 0.472. The number of carbonyl (C=O) groups is 1. The number of hydrogen-bond acceptors (Lipinski definition) is 1. The molecule has 1 aromatic heterocycles. The number of urea groups is 1. The van der Waals surface area contributed by atoms with Crippen LogP contribution in [0.2, 0.25) is 0 Å². The van der Waals surface area contributed by atoms with Crippen LogP contribution in [0.3, 0.4) is 0 Å². The topological polar surface area (TPSA) is 70.9 Å². The van der Waals surface area contributed by atoms with Crippen LogP contribution in [0, 0.1) is 0 Å². The summed E-state index contributed by atoms with van der Waals surface area (Å²) in [6.45, 7) is 0.590. The molecule has 0 aliphatic heterocycles. The molecule has 0 aliphatic carbocycles. The van der Waals surface area contributed by atoms with E-state index in [0.717, 1.165) is 6.42 Å². The van der Waals surface area contributed by atoms with E-state index in [2.05, 4.69) is 10.3 Å². The van der Waals surface area contributed by atoms with Gasteiger partial charge in [0.2, 0.25) is 0 Å². The first-order valence-corrected chi connectivity index (χ1v) is 3.44. The minimum atomic E-state index is -0.472. The van der Waals surface area contributed by atoms with Gasteiger partial charge in [0.1, 0.15) is 0 Å². The van der Waals surface area contributed by atoms with E-state index >= 15 is 0 Å². The molecule has 1 rings (SSSR count). The van der Waals surface area contributed by atoms with Crippen molar-refractivity contribution in [3.05, 3.63) is 24.0 Å². The van der Waals surface area contributed by atoms with Crippen molar-refractivity contribution in [2.24, 2.45) is 5.73 Å². The largest absolute Gasteiger partial charge is 0.367 e. The molecule has 0 unspecified atom stereocenters. The zero-order chi connectivity index (χ0) is 8.10. The van der Waals surface area contributed by atoms with E-state index in [9.17, 15) is 4.79 Å². The maximum Gasteiger partial charge on any atom is 0.312 e. The zero-order valence-electron chi connectivity index (χ0n) is 6.13. The van der Waals surface area contributed by atoms with Crippen molar-refractivity contribution >= 4 is 6.03 Å². The van der Waals surface area contributed by atoms with E-state index in [0.29, 0.717) is 6.54 Å².